The number of hydrogen-bond donors (Lipinski definition) is 2. The van der Waals surface area contributed by atoms with Gasteiger partial charge in [-0.2, -0.15) is 17.6 Å². The van der Waals surface area contributed by atoms with Crippen LogP contribution < -0.4 is 20.8 Å². The number of rotatable bonds is 5. The van der Waals surface area contributed by atoms with Gasteiger partial charge < -0.3 is 25.1 Å². The molecule has 40 heavy (non-hydrogen) atoms. The smallest absolute Gasteiger partial charge is 0.417 e. The minimum Gasteiger partial charge on any atom is -0.493 e. The molecule has 3 aromatic rings. The summed E-state index contributed by atoms with van der Waals surface area (Å²) in [4.78, 5) is 34.4. The van der Waals surface area contributed by atoms with E-state index in [2.05, 4.69) is 9.97 Å². The highest BCUT2D eigenvalue weighted by molar-refractivity contribution is 5.90. The van der Waals surface area contributed by atoms with Crippen molar-refractivity contribution < 1.29 is 36.2 Å². The zero-order valence-corrected chi connectivity index (χ0v) is 21.6. The number of halogens is 5. The zero-order chi connectivity index (χ0) is 29.0. The Labute approximate surface area is 225 Å². The lowest BCUT2D eigenvalue weighted by atomic mass is 9.74. The Hall–Kier alpha value is -3.74. The van der Waals surface area contributed by atoms with Crippen LogP contribution in [0.1, 0.15) is 42.9 Å². The number of hydrogen-bond acceptors (Lipinski definition) is 6. The Balaban J connectivity index is 1.61. The van der Waals surface area contributed by atoms with Gasteiger partial charge in [0.15, 0.2) is 22.6 Å². The number of anilines is 1. The first-order chi connectivity index (χ1) is 18.8. The number of carbonyl (C=O) groups is 1. The van der Waals surface area contributed by atoms with E-state index in [9.17, 15) is 31.5 Å². The number of H-pyrrole nitrogens is 1. The molecule has 214 valence electrons. The SMILES string of the molecule is COc1c([C@@H]2C[C@](C)(C(F)(F)F)OC[C@H]2c2cc(=O)c3c(N4CC[C@H](C(N)=O)C4)nccc3[nH]2)ccc(F)c1F. The van der Waals surface area contributed by atoms with Gasteiger partial charge in [0.25, 0.3) is 0 Å². The first-order valence-corrected chi connectivity index (χ1v) is 12.6. The summed E-state index contributed by atoms with van der Waals surface area (Å²) in [5.41, 5.74) is 3.06. The third kappa shape index (κ3) is 4.65. The number of amides is 1. The van der Waals surface area contributed by atoms with E-state index in [1.165, 1.54) is 18.3 Å². The van der Waals surface area contributed by atoms with Crippen LogP contribution in [0.4, 0.5) is 27.8 Å². The number of fused-ring (bicyclic) bond motifs is 1. The second kappa shape index (κ2) is 10.0. The monoisotopic (exact) mass is 566 g/mol. The number of aromatic nitrogens is 2. The second-order valence-corrected chi connectivity index (χ2v) is 10.4. The summed E-state index contributed by atoms with van der Waals surface area (Å²) in [5, 5.41) is 0.246. The molecule has 0 aliphatic carbocycles. The van der Waals surface area contributed by atoms with E-state index in [0.717, 1.165) is 20.1 Å². The summed E-state index contributed by atoms with van der Waals surface area (Å²) in [7, 11) is 1.10. The molecule has 0 saturated carbocycles. The third-order valence-corrected chi connectivity index (χ3v) is 7.99. The summed E-state index contributed by atoms with van der Waals surface area (Å²) >= 11 is 0. The van der Waals surface area contributed by atoms with E-state index in [4.69, 9.17) is 15.2 Å². The van der Waals surface area contributed by atoms with Gasteiger partial charge in [-0.1, -0.05) is 6.07 Å². The maximum Gasteiger partial charge on any atom is 0.417 e. The molecule has 5 rings (SSSR count). The van der Waals surface area contributed by atoms with E-state index in [1.807, 2.05) is 0 Å². The highest BCUT2D eigenvalue weighted by Gasteiger charge is 2.57. The number of carbonyl (C=O) groups excluding carboxylic acids is 1. The van der Waals surface area contributed by atoms with Gasteiger partial charge in [-0.3, -0.25) is 9.59 Å². The molecule has 1 amide bonds. The van der Waals surface area contributed by atoms with E-state index >= 15 is 0 Å². The lowest BCUT2D eigenvalue weighted by Gasteiger charge is -2.44. The molecule has 4 heterocycles. The Bertz CT molecular complexity index is 1530. The van der Waals surface area contributed by atoms with Gasteiger partial charge in [-0.15, -0.1) is 0 Å². The Kier molecular flexibility index (Phi) is 6.97. The van der Waals surface area contributed by atoms with Crippen molar-refractivity contribution >= 4 is 22.6 Å². The van der Waals surface area contributed by atoms with E-state index in [1.54, 1.807) is 11.0 Å². The Morgan fingerprint density at radius 3 is 2.65 bits per heavy atom. The largest absolute Gasteiger partial charge is 0.493 e. The van der Waals surface area contributed by atoms with Crippen molar-refractivity contribution in [1.29, 1.82) is 0 Å². The fourth-order valence-electron chi connectivity index (χ4n) is 5.72. The van der Waals surface area contributed by atoms with Crippen LogP contribution in [0.5, 0.6) is 5.75 Å². The number of nitrogens with zero attached hydrogens (tertiary/aromatic N) is 2. The summed E-state index contributed by atoms with van der Waals surface area (Å²) in [6, 6.07) is 4.85. The van der Waals surface area contributed by atoms with Gasteiger partial charge in [-0.25, -0.2) is 9.37 Å². The van der Waals surface area contributed by atoms with Crippen LogP contribution in [0.25, 0.3) is 10.9 Å². The minimum absolute atomic E-state index is 0.0242. The number of ether oxygens (including phenoxy) is 2. The number of nitrogens with two attached hydrogens (primary N) is 1. The Morgan fingerprint density at radius 1 is 1.25 bits per heavy atom. The fourth-order valence-corrected chi connectivity index (χ4v) is 5.72. The van der Waals surface area contributed by atoms with Crippen molar-refractivity contribution in [2.24, 2.45) is 11.7 Å². The van der Waals surface area contributed by atoms with Crippen molar-refractivity contribution in [2.45, 2.75) is 43.4 Å². The van der Waals surface area contributed by atoms with Crippen molar-refractivity contribution in [3.8, 4) is 5.75 Å². The van der Waals surface area contributed by atoms with Gasteiger partial charge >= 0.3 is 6.18 Å². The third-order valence-electron chi connectivity index (χ3n) is 7.99. The predicted octanol–water partition coefficient (Wildman–Crippen LogP) is 4.13. The highest BCUT2D eigenvalue weighted by atomic mass is 19.4. The normalized spacial score (nSPS) is 25.4. The molecule has 4 atom stereocenters. The minimum atomic E-state index is -4.75. The van der Waals surface area contributed by atoms with Gasteiger partial charge in [-0.05, 0) is 31.9 Å². The van der Waals surface area contributed by atoms with Crippen LogP contribution in [0.2, 0.25) is 0 Å². The average molecular weight is 567 g/mol. The average Bonchev–Trinajstić information content (AvgIpc) is 3.40. The van der Waals surface area contributed by atoms with E-state index < -0.39 is 65.4 Å². The second-order valence-electron chi connectivity index (χ2n) is 10.4. The zero-order valence-electron chi connectivity index (χ0n) is 21.6. The van der Waals surface area contributed by atoms with Crippen molar-refractivity contribution in [2.75, 3.05) is 31.7 Å². The molecular formula is C27H27F5N4O4. The molecule has 8 nitrogen and oxygen atoms in total. The molecule has 13 heteroatoms. The first kappa shape index (κ1) is 27.8. The lowest BCUT2D eigenvalue weighted by molar-refractivity contribution is -0.286. The number of aromatic amines is 1. The summed E-state index contributed by atoms with van der Waals surface area (Å²) in [6.07, 6.45) is -3.40. The van der Waals surface area contributed by atoms with Gasteiger partial charge in [0.05, 0.1) is 30.5 Å². The topological polar surface area (TPSA) is 111 Å². The molecule has 3 N–H and O–H groups in total. The maximum absolute atomic E-state index is 14.7. The van der Waals surface area contributed by atoms with Crippen molar-refractivity contribution in [3.63, 3.8) is 0 Å². The van der Waals surface area contributed by atoms with Crippen LogP contribution in [-0.2, 0) is 9.53 Å². The molecule has 2 saturated heterocycles. The molecular weight excluding hydrogens is 539 g/mol. The molecule has 2 fully saturated rings. The number of nitrogens with one attached hydrogen (secondary N) is 1. The summed E-state index contributed by atoms with van der Waals surface area (Å²) in [6.45, 7) is 1.20. The molecule has 0 spiro atoms. The molecule has 0 radical (unpaired) electrons. The van der Waals surface area contributed by atoms with Crippen LogP contribution in [0, 0.1) is 17.6 Å². The van der Waals surface area contributed by atoms with Gasteiger partial charge in [0.1, 0.15) is 5.82 Å². The molecule has 0 bridgehead atoms. The van der Waals surface area contributed by atoms with Crippen molar-refractivity contribution in [1.82, 2.24) is 9.97 Å². The number of primary amides is 1. The quantitative estimate of drug-likeness (QED) is 0.450. The van der Waals surface area contributed by atoms with Crippen LogP contribution >= 0.6 is 0 Å². The van der Waals surface area contributed by atoms with Crippen LogP contribution in [0.15, 0.2) is 35.3 Å². The van der Waals surface area contributed by atoms with E-state index in [-0.39, 0.29) is 22.6 Å². The lowest BCUT2D eigenvalue weighted by Crippen LogP contribution is -2.51. The molecule has 2 aliphatic heterocycles. The number of pyridine rings is 2. The molecule has 2 aliphatic rings. The maximum atomic E-state index is 14.7. The van der Waals surface area contributed by atoms with Crippen LogP contribution in [-0.4, -0.2) is 54.5 Å². The summed E-state index contributed by atoms with van der Waals surface area (Å²) < 4.78 is 81.2. The number of benzene rings is 1. The number of alkyl halides is 3. The highest BCUT2D eigenvalue weighted by Crippen LogP contribution is 2.51. The molecule has 1 aromatic carbocycles. The summed E-state index contributed by atoms with van der Waals surface area (Å²) in [5.74, 6) is -5.43. The van der Waals surface area contributed by atoms with Gasteiger partial charge in [0, 0.05) is 48.4 Å². The first-order valence-electron chi connectivity index (χ1n) is 12.6. The Morgan fingerprint density at radius 2 is 2.00 bits per heavy atom. The van der Waals surface area contributed by atoms with Crippen LogP contribution in [0.3, 0.4) is 0 Å². The standard InChI is InChI=1S/C27H27F5N4O4/c1-26(27(30,31)32)10-15(14-3-4-17(28)22(29)23(14)39-2)16(12-40-26)19-9-20(37)21-18(35-19)5-7-34-25(21)36-8-6-13(11-36)24(33)38/h3-5,7,9,13,15-16H,6,8,10-12H2,1-2H3,(H2,33,38)(H,35,37)/t13-,15-,16+,26+/m0/s1. The van der Waals surface area contributed by atoms with Gasteiger partial charge in [0.2, 0.25) is 11.7 Å². The predicted molar refractivity (Wildman–Crippen MR) is 135 cm³/mol. The van der Waals surface area contributed by atoms with Crippen molar-refractivity contribution in [3.05, 3.63) is 63.6 Å². The molecule has 2 aromatic heterocycles. The fraction of sp³-hybridized carbons (Fsp3) is 0.444. The molecule has 0 unspecified atom stereocenters. The number of methoxy groups -OCH3 is 1. The van der Waals surface area contributed by atoms with E-state index in [0.29, 0.717) is 30.8 Å².